The third-order valence-corrected chi connectivity index (χ3v) is 3.17. The smallest absolute Gasteiger partial charge is 0.410 e. The predicted molar refractivity (Wildman–Crippen MR) is 67.1 cm³/mol. The largest absolute Gasteiger partial charge is 0.469 e. The van der Waals surface area contributed by atoms with Gasteiger partial charge < -0.3 is 14.4 Å². The van der Waals surface area contributed by atoms with E-state index < -0.39 is 5.60 Å². The highest BCUT2D eigenvalue weighted by atomic mass is 16.6. The molecule has 1 aliphatic rings. The zero-order chi connectivity index (χ0) is 13.9. The van der Waals surface area contributed by atoms with Gasteiger partial charge >= 0.3 is 12.1 Å². The molecule has 0 aromatic rings. The third-order valence-electron chi connectivity index (χ3n) is 3.17. The zero-order valence-electron chi connectivity index (χ0n) is 11.9. The Kier molecular flexibility index (Phi) is 4.59. The highest BCUT2D eigenvalue weighted by Gasteiger charge is 2.35. The molecule has 1 fully saturated rings. The molecule has 0 N–H and O–H groups in total. The first-order valence-electron chi connectivity index (χ1n) is 6.28. The number of carbonyl (C=O) groups is 2. The molecule has 2 atom stereocenters. The zero-order valence-corrected chi connectivity index (χ0v) is 11.9. The van der Waals surface area contributed by atoms with Gasteiger partial charge in [-0.15, -0.1) is 0 Å². The van der Waals surface area contributed by atoms with Crippen molar-refractivity contribution in [2.45, 2.75) is 51.7 Å². The van der Waals surface area contributed by atoms with E-state index in [4.69, 9.17) is 9.47 Å². The van der Waals surface area contributed by atoms with Crippen molar-refractivity contribution in [2.75, 3.05) is 14.2 Å². The van der Waals surface area contributed by atoms with E-state index in [1.807, 2.05) is 20.8 Å². The maximum absolute atomic E-state index is 11.9. The number of amides is 1. The topological polar surface area (TPSA) is 55.8 Å². The van der Waals surface area contributed by atoms with Gasteiger partial charge in [0.15, 0.2) is 0 Å². The molecule has 5 heteroatoms. The molecule has 0 bridgehead atoms. The highest BCUT2D eigenvalue weighted by Crippen LogP contribution is 2.30. The Balaban J connectivity index is 2.52. The minimum Gasteiger partial charge on any atom is -0.469 e. The summed E-state index contributed by atoms with van der Waals surface area (Å²) in [5.74, 6) is -0.278. The number of methoxy groups -OCH3 is 1. The fourth-order valence-electron chi connectivity index (χ4n) is 2.17. The van der Waals surface area contributed by atoms with Crippen molar-refractivity contribution in [1.29, 1.82) is 0 Å². The number of nitrogens with zero attached hydrogens (tertiary/aromatic N) is 1. The number of hydrogen-bond acceptors (Lipinski definition) is 4. The summed E-state index contributed by atoms with van der Waals surface area (Å²) in [4.78, 5) is 24.9. The Bertz CT molecular complexity index is 321. The second-order valence-electron chi connectivity index (χ2n) is 5.78. The van der Waals surface area contributed by atoms with Gasteiger partial charge in [0.05, 0.1) is 13.0 Å². The van der Waals surface area contributed by atoms with Crippen LogP contribution in [0.4, 0.5) is 4.79 Å². The van der Waals surface area contributed by atoms with Gasteiger partial charge in [-0.1, -0.05) is 0 Å². The third kappa shape index (κ3) is 3.89. The molecule has 0 aliphatic heterocycles. The SMILES string of the molecule is COC(=O)C1CCC(N(C)C(=O)OC(C)(C)C)C1. The molecule has 0 spiro atoms. The first-order valence-corrected chi connectivity index (χ1v) is 6.28. The summed E-state index contributed by atoms with van der Waals surface area (Å²) in [6.07, 6.45) is 1.90. The molecule has 104 valence electrons. The van der Waals surface area contributed by atoms with Gasteiger partial charge in [-0.2, -0.15) is 0 Å². The van der Waals surface area contributed by atoms with Crippen LogP contribution in [-0.4, -0.2) is 42.8 Å². The molecule has 1 aliphatic carbocycles. The van der Waals surface area contributed by atoms with Crippen LogP contribution in [0.2, 0.25) is 0 Å². The van der Waals surface area contributed by atoms with Gasteiger partial charge in [0.1, 0.15) is 5.60 Å². The van der Waals surface area contributed by atoms with Crippen LogP contribution in [0.3, 0.4) is 0 Å². The molecule has 1 rings (SSSR count). The minimum absolute atomic E-state index is 0.0592. The Morgan fingerprint density at radius 2 is 1.83 bits per heavy atom. The molecule has 1 amide bonds. The lowest BCUT2D eigenvalue weighted by molar-refractivity contribution is -0.145. The summed E-state index contributed by atoms with van der Waals surface area (Å²) >= 11 is 0. The maximum Gasteiger partial charge on any atom is 0.410 e. The number of rotatable bonds is 2. The van der Waals surface area contributed by atoms with Crippen LogP contribution in [0.1, 0.15) is 40.0 Å². The van der Waals surface area contributed by atoms with E-state index in [0.717, 1.165) is 12.8 Å². The first kappa shape index (κ1) is 14.8. The fourth-order valence-corrected chi connectivity index (χ4v) is 2.17. The highest BCUT2D eigenvalue weighted by molar-refractivity contribution is 5.73. The number of carbonyl (C=O) groups excluding carboxylic acids is 2. The summed E-state index contributed by atoms with van der Waals surface area (Å²) in [7, 11) is 3.12. The van der Waals surface area contributed by atoms with E-state index in [1.54, 1.807) is 11.9 Å². The van der Waals surface area contributed by atoms with E-state index in [1.165, 1.54) is 7.11 Å². The fraction of sp³-hybridized carbons (Fsp3) is 0.846. The quantitative estimate of drug-likeness (QED) is 0.712. The molecular weight excluding hydrogens is 234 g/mol. The van der Waals surface area contributed by atoms with Crippen molar-refractivity contribution in [1.82, 2.24) is 4.90 Å². The first-order chi connectivity index (χ1) is 8.24. The van der Waals surface area contributed by atoms with Crippen LogP contribution in [0, 0.1) is 5.92 Å². The van der Waals surface area contributed by atoms with Gasteiger partial charge in [-0.05, 0) is 40.0 Å². The summed E-state index contributed by atoms with van der Waals surface area (Å²) < 4.78 is 10.0. The lowest BCUT2D eigenvalue weighted by Crippen LogP contribution is -2.39. The Morgan fingerprint density at radius 3 is 2.33 bits per heavy atom. The molecule has 0 aromatic heterocycles. The Hall–Kier alpha value is -1.26. The van der Waals surface area contributed by atoms with E-state index >= 15 is 0 Å². The summed E-state index contributed by atoms with van der Waals surface area (Å²) in [5, 5.41) is 0. The predicted octanol–water partition coefficient (Wildman–Crippen LogP) is 2.20. The van der Waals surface area contributed by atoms with E-state index in [2.05, 4.69) is 0 Å². The van der Waals surface area contributed by atoms with Gasteiger partial charge in [-0.25, -0.2) is 4.79 Å². The molecule has 5 nitrogen and oxygen atoms in total. The molecule has 18 heavy (non-hydrogen) atoms. The average Bonchev–Trinajstić information content (AvgIpc) is 2.73. The van der Waals surface area contributed by atoms with Crippen molar-refractivity contribution in [2.24, 2.45) is 5.92 Å². The molecule has 2 unspecified atom stereocenters. The molecule has 0 aromatic carbocycles. The van der Waals surface area contributed by atoms with E-state index in [0.29, 0.717) is 6.42 Å². The summed E-state index contributed by atoms with van der Waals surface area (Å²) in [6.45, 7) is 5.51. The van der Waals surface area contributed by atoms with Crippen molar-refractivity contribution in [3.05, 3.63) is 0 Å². The van der Waals surface area contributed by atoms with Crippen molar-refractivity contribution >= 4 is 12.1 Å². The number of ether oxygens (including phenoxy) is 2. The second kappa shape index (κ2) is 5.59. The van der Waals surface area contributed by atoms with E-state index in [9.17, 15) is 9.59 Å². The van der Waals surface area contributed by atoms with Crippen LogP contribution in [0.15, 0.2) is 0 Å². The lowest BCUT2D eigenvalue weighted by atomic mass is 10.1. The van der Waals surface area contributed by atoms with Crippen LogP contribution in [-0.2, 0) is 14.3 Å². The van der Waals surface area contributed by atoms with Crippen molar-refractivity contribution in [3.8, 4) is 0 Å². The van der Waals surface area contributed by atoms with Crippen LogP contribution < -0.4 is 0 Å². The van der Waals surface area contributed by atoms with Gasteiger partial charge in [0, 0.05) is 13.1 Å². The monoisotopic (exact) mass is 257 g/mol. The molecule has 0 radical (unpaired) electrons. The Labute approximate surface area is 108 Å². The van der Waals surface area contributed by atoms with Gasteiger partial charge in [-0.3, -0.25) is 4.79 Å². The molecular formula is C13H23NO4. The number of esters is 1. The maximum atomic E-state index is 11.9. The standard InChI is InChI=1S/C13H23NO4/c1-13(2,3)18-12(16)14(4)10-7-6-9(8-10)11(15)17-5/h9-10H,6-8H2,1-5H3. The Morgan fingerprint density at radius 1 is 1.22 bits per heavy atom. The van der Waals surface area contributed by atoms with Crippen LogP contribution in [0.25, 0.3) is 0 Å². The lowest BCUT2D eigenvalue weighted by Gasteiger charge is -2.28. The van der Waals surface area contributed by atoms with Gasteiger partial charge in [0.2, 0.25) is 0 Å². The van der Waals surface area contributed by atoms with E-state index in [-0.39, 0.29) is 24.0 Å². The molecule has 1 saturated carbocycles. The van der Waals surface area contributed by atoms with Crippen molar-refractivity contribution < 1.29 is 19.1 Å². The van der Waals surface area contributed by atoms with Crippen molar-refractivity contribution in [3.63, 3.8) is 0 Å². The minimum atomic E-state index is -0.494. The van der Waals surface area contributed by atoms with Crippen LogP contribution >= 0.6 is 0 Å². The van der Waals surface area contributed by atoms with Crippen LogP contribution in [0.5, 0.6) is 0 Å². The van der Waals surface area contributed by atoms with Gasteiger partial charge in [0.25, 0.3) is 0 Å². The summed E-state index contributed by atoms with van der Waals surface area (Å²) in [6, 6.07) is 0.0592. The normalized spacial score (nSPS) is 23.6. The molecule has 0 heterocycles. The number of hydrogen-bond donors (Lipinski definition) is 0. The molecule has 0 saturated heterocycles. The summed E-state index contributed by atoms with van der Waals surface area (Å²) in [5.41, 5.74) is -0.494. The average molecular weight is 257 g/mol. The second-order valence-corrected chi connectivity index (χ2v) is 5.78.